The maximum absolute atomic E-state index is 8.83. The fourth-order valence-electron chi connectivity index (χ4n) is 1.75. The number of aliphatic hydroxyl groups is 2. The summed E-state index contributed by atoms with van der Waals surface area (Å²) in [4.78, 5) is 0. The molecule has 0 aliphatic carbocycles. The predicted molar refractivity (Wildman–Crippen MR) is 55.7 cm³/mol. The first-order valence-corrected chi connectivity index (χ1v) is 5.56. The SMILES string of the molecule is CCCC(CCO)CCCCCO. The number of rotatable bonds is 9. The van der Waals surface area contributed by atoms with Crippen LogP contribution in [0.3, 0.4) is 0 Å². The third-order valence-corrected chi connectivity index (χ3v) is 2.50. The van der Waals surface area contributed by atoms with Crippen LogP contribution in [-0.4, -0.2) is 23.4 Å². The molecule has 0 saturated carbocycles. The van der Waals surface area contributed by atoms with Gasteiger partial charge in [-0.3, -0.25) is 0 Å². The first-order chi connectivity index (χ1) is 6.35. The Labute approximate surface area is 82.0 Å². The van der Waals surface area contributed by atoms with Crippen LogP contribution in [0.15, 0.2) is 0 Å². The minimum Gasteiger partial charge on any atom is -0.396 e. The summed E-state index contributed by atoms with van der Waals surface area (Å²) >= 11 is 0. The molecular weight excluding hydrogens is 164 g/mol. The highest BCUT2D eigenvalue weighted by Gasteiger charge is 2.05. The molecule has 0 radical (unpaired) electrons. The second kappa shape index (κ2) is 10.0. The fourth-order valence-corrected chi connectivity index (χ4v) is 1.75. The Morgan fingerprint density at radius 3 is 2.15 bits per heavy atom. The monoisotopic (exact) mass is 188 g/mol. The van der Waals surface area contributed by atoms with Crippen molar-refractivity contribution in [2.45, 2.75) is 51.9 Å². The van der Waals surface area contributed by atoms with E-state index in [4.69, 9.17) is 10.2 Å². The Hall–Kier alpha value is -0.0800. The molecule has 0 saturated heterocycles. The van der Waals surface area contributed by atoms with Crippen molar-refractivity contribution in [2.75, 3.05) is 13.2 Å². The van der Waals surface area contributed by atoms with E-state index in [0.29, 0.717) is 19.1 Å². The zero-order chi connectivity index (χ0) is 9.94. The van der Waals surface area contributed by atoms with Crippen LogP contribution in [0.4, 0.5) is 0 Å². The minimum absolute atomic E-state index is 0.318. The molecule has 0 heterocycles. The van der Waals surface area contributed by atoms with Gasteiger partial charge >= 0.3 is 0 Å². The largest absolute Gasteiger partial charge is 0.396 e. The zero-order valence-corrected chi connectivity index (χ0v) is 8.84. The summed E-state index contributed by atoms with van der Waals surface area (Å²) in [5.74, 6) is 0.702. The molecule has 0 aromatic carbocycles. The second-order valence-corrected chi connectivity index (χ2v) is 3.74. The molecule has 0 aliphatic rings. The summed E-state index contributed by atoms with van der Waals surface area (Å²) < 4.78 is 0. The number of unbranched alkanes of at least 4 members (excludes halogenated alkanes) is 2. The lowest BCUT2D eigenvalue weighted by molar-refractivity contribution is 0.240. The molecule has 0 fully saturated rings. The van der Waals surface area contributed by atoms with Crippen molar-refractivity contribution in [3.63, 3.8) is 0 Å². The Kier molecular flexibility index (Phi) is 9.94. The van der Waals surface area contributed by atoms with Gasteiger partial charge in [0.15, 0.2) is 0 Å². The molecular formula is C11H24O2. The number of hydrogen-bond donors (Lipinski definition) is 2. The third kappa shape index (κ3) is 8.26. The lowest BCUT2D eigenvalue weighted by atomic mass is 9.94. The molecule has 2 N–H and O–H groups in total. The summed E-state index contributed by atoms with van der Waals surface area (Å²) in [6, 6.07) is 0. The highest BCUT2D eigenvalue weighted by atomic mass is 16.3. The Morgan fingerprint density at radius 1 is 0.846 bits per heavy atom. The zero-order valence-electron chi connectivity index (χ0n) is 8.84. The maximum atomic E-state index is 8.83. The first kappa shape index (κ1) is 12.9. The van der Waals surface area contributed by atoms with Crippen molar-refractivity contribution in [3.05, 3.63) is 0 Å². The summed E-state index contributed by atoms with van der Waals surface area (Å²) in [5, 5.41) is 17.4. The maximum Gasteiger partial charge on any atom is 0.0433 e. The normalized spacial score (nSPS) is 13.2. The van der Waals surface area contributed by atoms with Gasteiger partial charge in [-0.15, -0.1) is 0 Å². The van der Waals surface area contributed by atoms with Gasteiger partial charge in [0.2, 0.25) is 0 Å². The van der Waals surface area contributed by atoms with Gasteiger partial charge in [-0.05, 0) is 18.8 Å². The lowest BCUT2D eigenvalue weighted by Crippen LogP contribution is -2.03. The molecule has 1 atom stereocenters. The van der Waals surface area contributed by atoms with E-state index >= 15 is 0 Å². The minimum atomic E-state index is 0.318. The molecule has 80 valence electrons. The molecule has 1 unspecified atom stereocenters. The van der Waals surface area contributed by atoms with Gasteiger partial charge in [0, 0.05) is 13.2 Å². The van der Waals surface area contributed by atoms with Crippen molar-refractivity contribution in [2.24, 2.45) is 5.92 Å². The van der Waals surface area contributed by atoms with Crippen LogP contribution in [0.25, 0.3) is 0 Å². The third-order valence-electron chi connectivity index (χ3n) is 2.50. The van der Waals surface area contributed by atoms with E-state index < -0.39 is 0 Å². The quantitative estimate of drug-likeness (QED) is 0.545. The van der Waals surface area contributed by atoms with E-state index in [9.17, 15) is 0 Å². The molecule has 0 aromatic rings. The van der Waals surface area contributed by atoms with Crippen LogP contribution in [0.2, 0.25) is 0 Å². The van der Waals surface area contributed by atoms with Gasteiger partial charge in [0.05, 0.1) is 0 Å². The van der Waals surface area contributed by atoms with Crippen molar-refractivity contribution in [1.82, 2.24) is 0 Å². The van der Waals surface area contributed by atoms with Gasteiger partial charge in [-0.2, -0.15) is 0 Å². The fraction of sp³-hybridized carbons (Fsp3) is 1.00. The highest BCUT2D eigenvalue weighted by Crippen LogP contribution is 2.18. The van der Waals surface area contributed by atoms with Crippen molar-refractivity contribution in [3.8, 4) is 0 Å². The predicted octanol–water partition coefficient (Wildman–Crippen LogP) is 2.34. The Morgan fingerprint density at radius 2 is 1.62 bits per heavy atom. The Balaban J connectivity index is 3.33. The van der Waals surface area contributed by atoms with Crippen LogP contribution in [0.5, 0.6) is 0 Å². The van der Waals surface area contributed by atoms with E-state index in [1.165, 1.54) is 25.7 Å². The molecule has 0 amide bonds. The first-order valence-electron chi connectivity index (χ1n) is 5.56. The summed E-state index contributed by atoms with van der Waals surface area (Å²) in [6.07, 6.45) is 7.87. The molecule has 0 rings (SSSR count). The average Bonchev–Trinajstić information content (AvgIpc) is 2.13. The standard InChI is InChI=1S/C11H24O2/c1-2-6-11(8-10-13)7-4-3-5-9-12/h11-13H,2-10H2,1H3. The van der Waals surface area contributed by atoms with Crippen molar-refractivity contribution >= 4 is 0 Å². The van der Waals surface area contributed by atoms with E-state index in [2.05, 4.69) is 6.92 Å². The molecule has 0 spiro atoms. The molecule has 0 aromatic heterocycles. The number of hydrogen-bond acceptors (Lipinski definition) is 2. The van der Waals surface area contributed by atoms with Crippen LogP contribution in [0.1, 0.15) is 51.9 Å². The molecule has 2 heteroatoms. The van der Waals surface area contributed by atoms with Gasteiger partial charge < -0.3 is 10.2 Å². The van der Waals surface area contributed by atoms with Crippen LogP contribution < -0.4 is 0 Å². The van der Waals surface area contributed by atoms with Gasteiger partial charge in [0.25, 0.3) is 0 Å². The summed E-state index contributed by atoms with van der Waals surface area (Å²) in [7, 11) is 0. The Bertz CT molecular complexity index is 88.1. The van der Waals surface area contributed by atoms with Crippen molar-refractivity contribution in [1.29, 1.82) is 0 Å². The molecule has 13 heavy (non-hydrogen) atoms. The van der Waals surface area contributed by atoms with Crippen LogP contribution in [0, 0.1) is 5.92 Å². The number of aliphatic hydroxyl groups excluding tert-OH is 2. The van der Waals surface area contributed by atoms with Crippen LogP contribution in [-0.2, 0) is 0 Å². The smallest absolute Gasteiger partial charge is 0.0433 e. The molecule has 0 bridgehead atoms. The lowest BCUT2D eigenvalue weighted by Gasteiger charge is -2.13. The second-order valence-electron chi connectivity index (χ2n) is 3.74. The highest BCUT2D eigenvalue weighted by molar-refractivity contribution is 4.58. The van der Waals surface area contributed by atoms with Gasteiger partial charge in [-0.25, -0.2) is 0 Å². The molecule has 0 aliphatic heterocycles. The topological polar surface area (TPSA) is 40.5 Å². The summed E-state index contributed by atoms with van der Waals surface area (Å²) in [6.45, 7) is 2.83. The van der Waals surface area contributed by atoms with E-state index in [-0.39, 0.29) is 0 Å². The van der Waals surface area contributed by atoms with Crippen molar-refractivity contribution < 1.29 is 10.2 Å². The van der Waals surface area contributed by atoms with E-state index in [0.717, 1.165) is 19.3 Å². The van der Waals surface area contributed by atoms with Crippen LogP contribution >= 0.6 is 0 Å². The van der Waals surface area contributed by atoms with Gasteiger partial charge in [0.1, 0.15) is 0 Å². The van der Waals surface area contributed by atoms with E-state index in [1.807, 2.05) is 0 Å². The summed E-state index contributed by atoms with van der Waals surface area (Å²) in [5.41, 5.74) is 0. The average molecular weight is 188 g/mol. The van der Waals surface area contributed by atoms with Gasteiger partial charge in [-0.1, -0.05) is 39.0 Å². The molecule has 2 nitrogen and oxygen atoms in total. The van der Waals surface area contributed by atoms with E-state index in [1.54, 1.807) is 0 Å².